The van der Waals surface area contributed by atoms with Crippen LogP contribution in [0.15, 0.2) is 47.4 Å². The monoisotopic (exact) mass is 335 g/mol. The zero-order chi connectivity index (χ0) is 17.2. The van der Waals surface area contributed by atoms with Crippen molar-refractivity contribution in [3.63, 3.8) is 0 Å². The van der Waals surface area contributed by atoms with Gasteiger partial charge in [0.1, 0.15) is 4.90 Å². The molecular formula is C15H13NO6S. The van der Waals surface area contributed by atoms with E-state index in [0.29, 0.717) is 5.56 Å². The van der Waals surface area contributed by atoms with Crippen molar-refractivity contribution < 1.29 is 22.3 Å². The Hall–Kier alpha value is -2.74. The van der Waals surface area contributed by atoms with Crippen molar-refractivity contribution in [2.75, 3.05) is 0 Å². The lowest BCUT2D eigenvalue weighted by atomic mass is 10.2. The molecule has 0 heterocycles. The second kappa shape index (κ2) is 6.17. The largest absolute Gasteiger partial charge is 0.372 e. The van der Waals surface area contributed by atoms with Crippen LogP contribution in [0, 0.1) is 17.0 Å². The second-order valence-electron chi connectivity index (χ2n) is 4.85. The molecule has 0 N–H and O–H groups in total. The number of hydrogen-bond donors (Lipinski definition) is 0. The summed E-state index contributed by atoms with van der Waals surface area (Å²) in [6.07, 6.45) is 0. The summed E-state index contributed by atoms with van der Waals surface area (Å²) >= 11 is 0. The van der Waals surface area contributed by atoms with E-state index in [0.717, 1.165) is 6.07 Å². The molecule has 0 radical (unpaired) electrons. The van der Waals surface area contributed by atoms with Crippen LogP contribution >= 0.6 is 0 Å². The van der Waals surface area contributed by atoms with Crippen LogP contribution in [0.25, 0.3) is 0 Å². The van der Waals surface area contributed by atoms with Gasteiger partial charge in [0.25, 0.3) is 0 Å². The van der Waals surface area contributed by atoms with E-state index in [1.807, 2.05) is 0 Å². The van der Waals surface area contributed by atoms with Gasteiger partial charge in [-0.2, -0.15) is 8.42 Å². The Labute approximate surface area is 132 Å². The molecule has 0 saturated heterocycles. The molecule has 0 fully saturated rings. The van der Waals surface area contributed by atoms with Crippen molar-refractivity contribution in [3.8, 4) is 5.75 Å². The van der Waals surface area contributed by atoms with E-state index in [4.69, 9.17) is 4.18 Å². The first-order valence-electron chi connectivity index (χ1n) is 6.51. The normalized spacial score (nSPS) is 11.0. The minimum atomic E-state index is -4.29. The number of Topliss-reactive ketones (excluding diaryl/α,β-unsaturated/α-hetero) is 1. The van der Waals surface area contributed by atoms with Crippen LogP contribution in [-0.4, -0.2) is 19.1 Å². The molecule has 0 aliphatic carbocycles. The van der Waals surface area contributed by atoms with E-state index in [1.54, 1.807) is 6.92 Å². The van der Waals surface area contributed by atoms with Gasteiger partial charge in [0, 0.05) is 11.6 Å². The van der Waals surface area contributed by atoms with E-state index in [9.17, 15) is 23.3 Å². The fourth-order valence-corrected chi connectivity index (χ4v) is 2.87. The predicted octanol–water partition coefficient (Wildman–Crippen LogP) is 2.87. The summed E-state index contributed by atoms with van der Waals surface area (Å²) < 4.78 is 29.4. The van der Waals surface area contributed by atoms with Gasteiger partial charge in [-0.05, 0) is 37.6 Å². The van der Waals surface area contributed by atoms with E-state index in [1.165, 1.54) is 43.3 Å². The molecular weight excluding hydrogens is 322 g/mol. The molecule has 2 aromatic carbocycles. The number of ketones is 1. The summed E-state index contributed by atoms with van der Waals surface area (Å²) in [5.74, 6) is -0.683. The Morgan fingerprint density at radius 2 is 1.87 bits per heavy atom. The van der Waals surface area contributed by atoms with Crippen LogP contribution < -0.4 is 4.18 Å². The fraction of sp³-hybridized carbons (Fsp3) is 0.133. The van der Waals surface area contributed by atoms with Crippen LogP contribution in [-0.2, 0) is 10.1 Å². The first-order chi connectivity index (χ1) is 10.7. The van der Waals surface area contributed by atoms with Gasteiger partial charge >= 0.3 is 15.8 Å². The highest BCUT2D eigenvalue weighted by Gasteiger charge is 2.23. The van der Waals surface area contributed by atoms with Crippen LogP contribution in [0.3, 0.4) is 0 Å². The number of nitro groups is 1. The quantitative estimate of drug-likeness (QED) is 0.360. The molecule has 0 atom stereocenters. The fourth-order valence-electron chi connectivity index (χ4n) is 1.88. The lowest BCUT2D eigenvalue weighted by molar-refractivity contribution is -0.385. The summed E-state index contributed by atoms with van der Waals surface area (Å²) in [6, 6.07) is 9.23. The van der Waals surface area contributed by atoms with Gasteiger partial charge in [0.05, 0.1) is 4.92 Å². The van der Waals surface area contributed by atoms with Gasteiger partial charge in [-0.1, -0.05) is 18.2 Å². The van der Waals surface area contributed by atoms with Crippen LogP contribution in [0.1, 0.15) is 22.8 Å². The van der Waals surface area contributed by atoms with Gasteiger partial charge < -0.3 is 4.18 Å². The molecule has 0 bridgehead atoms. The molecule has 0 aliphatic heterocycles. The zero-order valence-electron chi connectivity index (χ0n) is 12.3. The number of rotatable bonds is 5. The van der Waals surface area contributed by atoms with Crippen molar-refractivity contribution in [1.82, 2.24) is 0 Å². The maximum atomic E-state index is 12.3. The summed E-state index contributed by atoms with van der Waals surface area (Å²) in [5.41, 5.74) is 0.351. The number of nitrogens with zero attached hydrogens (tertiary/aromatic N) is 1. The Kier molecular flexibility index (Phi) is 4.46. The van der Waals surface area contributed by atoms with E-state index in [2.05, 4.69) is 0 Å². The highest BCUT2D eigenvalue weighted by molar-refractivity contribution is 7.87. The van der Waals surface area contributed by atoms with Crippen molar-refractivity contribution in [2.45, 2.75) is 18.7 Å². The maximum Gasteiger partial charge on any atom is 0.339 e. The summed E-state index contributed by atoms with van der Waals surface area (Å²) in [7, 11) is -4.29. The highest BCUT2D eigenvalue weighted by atomic mass is 32.2. The molecule has 2 aromatic rings. The number of hydrogen-bond acceptors (Lipinski definition) is 6. The SMILES string of the molecule is CC(=O)c1cccc(S(=O)(=O)Oc2ccc(C)cc2[N+](=O)[O-])c1. The topological polar surface area (TPSA) is 104 Å². The van der Waals surface area contributed by atoms with Gasteiger partial charge in [-0.15, -0.1) is 0 Å². The molecule has 0 unspecified atom stereocenters. The second-order valence-corrected chi connectivity index (χ2v) is 6.40. The number of benzene rings is 2. The third kappa shape index (κ3) is 3.72. The van der Waals surface area contributed by atoms with Gasteiger partial charge in [0.15, 0.2) is 5.78 Å². The number of nitro benzene ring substituents is 1. The zero-order valence-corrected chi connectivity index (χ0v) is 13.2. The molecule has 7 nitrogen and oxygen atoms in total. The van der Waals surface area contributed by atoms with E-state index < -0.39 is 20.7 Å². The lowest BCUT2D eigenvalue weighted by Gasteiger charge is -2.08. The van der Waals surface area contributed by atoms with Gasteiger partial charge in [-0.25, -0.2) is 0 Å². The molecule has 8 heteroatoms. The van der Waals surface area contributed by atoms with E-state index >= 15 is 0 Å². The number of carbonyl (C=O) groups is 1. The van der Waals surface area contributed by atoms with Gasteiger partial charge in [-0.3, -0.25) is 14.9 Å². The molecule has 2 rings (SSSR count). The minimum absolute atomic E-state index is 0.202. The summed E-state index contributed by atoms with van der Waals surface area (Å²) in [4.78, 5) is 21.4. The summed E-state index contributed by atoms with van der Waals surface area (Å²) in [6.45, 7) is 2.94. The molecule has 0 aliphatic rings. The van der Waals surface area contributed by atoms with E-state index in [-0.39, 0.29) is 22.0 Å². The number of aryl methyl sites for hydroxylation is 1. The van der Waals surface area contributed by atoms with Crippen molar-refractivity contribution >= 4 is 21.6 Å². The maximum absolute atomic E-state index is 12.3. The van der Waals surface area contributed by atoms with Crippen molar-refractivity contribution in [3.05, 3.63) is 63.7 Å². The van der Waals surface area contributed by atoms with Crippen molar-refractivity contribution in [1.29, 1.82) is 0 Å². The number of carbonyl (C=O) groups excluding carboxylic acids is 1. The third-order valence-corrected chi connectivity index (χ3v) is 4.27. The predicted molar refractivity (Wildman–Crippen MR) is 82.1 cm³/mol. The molecule has 120 valence electrons. The third-order valence-electron chi connectivity index (χ3n) is 3.04. The molecule has 0 spiro atoms. The molecule has 0 aromatic heterocycles. The van der Waals surface area contributed by atoms with Crippen LogP contribution in [0.4, 0.5) is 5.69 Å². The Bertz CT molecular complexity index is 889. The standard InChI is InChI=1S/C15H13NO6S/c1-10-6-7-15(14(8-10)16(18)19)22-23(20,21)13-5-3-4-12(9-13)11(2)17/h3-9H,1-2H3. The first kappa shape index (κ1) is 16.6. The Morgan fingerprint density at radius 1 is 1.17 bits per heavy atom. The smallest absolute Gasteiger partial charge is 0.339 e. The highest BCUT2D eigenvalue weighted by Crippen LogP contribution is 2.30. The minimum Gasteiger partial charge on any atom is -0.372 e. The molecule has 0 saturated carbocycles. The molecule has 23 heavy (non-hydrogen) atoms. The van der Waals surface area contributed by atoms with Crippen LogP contribution in [0.5, 0.6) is 5.75 Å². The average Bonchev–Trinajstić information content (AvgIpc) is 2.48. The first-order valence-corrected chi connectivity index (χ1v) is 7.92. The van der Waals surface area contributed by atoms with Crippen LogP contribution in [0.2, 0.25) is 0 Å². The van der Waals surface area contributed by atoms with Crippen molar-refractivity contribution in [2.24, 2.45) is 0 Å². The average molecular weight is 335 g/mol. The summed E-state index contributed by atoms with van der Waals surface area (Å²) in [5, 5.41) is 11.0. The molecule has 0 amide bonds. The Balaban J connectivity index is 2.45. The van der Waals surface area contributed by atoms with Gasteiger partial charge in [0.2, 0.25) is 5.75 Å². The Morgan fingerprint density at radius 3 is 2.48 bits per heavy atom. The lowest BCUT2D eigenvalue weighted by Crippen LogP contribution is -2.11.